The van der Waals surface area contributed by atoms with Gasteiger partial charge in [0.2, 0.25) is 0 Å². The fraction of sp³-hybridized carbons (Fsp3) is 0.667. The summed E-state index contributed by atoms with van der Waals surface area (Å²) in [7, 11) is 0. The van der Waals surface area contributed by atoms with Gasteiger partial charge in [0.1, 0.15) is 0 Å². The monoisotopic (exact) mass is 311 g/mol. The smallest absolute Gasteiger partial charge is 0.0488 e. The van der Waals surface area contributed by atoms with Gasteiger partial charge in [0.15, 0.2) is 0 Å². The van der Waals surface area contributed by atoms with Crippen LogP contribution in [0.25, 0.3) is 0 Å². The molecule has 0 fully saturated rings. The van der Waals surface area contributed by atoms with Gasteiger partial charge in [-0.15, -0.1) is 0 Å². The lowest BCUT2D eigenvalue weighted by Gasteiger charge is -2.18. The molecule has 1 atom stereocenters. The lowest BCUT2D eigenvalue weighted by atomic mass is 9.96. The minimum absolute atomic E-state index is 0.609. The lowest BCUT2D eigenvalue weighted by Crippen LogP contribution is -2.26. The van der Waals surface area contributed by atoms with Gasteiger partial charge >= 0.3 is 0 Å². The molecule has 1 rings (SSSR count). The van der Waals surface area contributed by atoms with Crippen molar-refractivity contribution in [2.75, 3.05) is 26.3 Å². The zero-order valence-corrected chi connectivity index (χ0v) is 14.5. The van der Waals surface area contributed by atoms with Crippen LogP contribution in [0.2, 0.25) is 5.02 Å². The quantitative estimate of drug-likeness (QED) is 0.605. The van der Waals surface area contributed by atoms with Gasteiger partial charge in [0.25, 0.3) is 0 Å². The van der Waals surface area contributed by atoms with Crippen LogP contribution in [0.5, 0.6) is 0 Å². The molecule has 0 saturated heterocycles. The highest BCUT2D eigenvalue weighted by molar-refractivity contribution is 6.30. The van der Waals surface area contributed by atoms with E-state index >= 15 is 0 Å². The second-order valence-electron chi connectivity index (χ2n) is 6.16. The highest BCUT2D eigenvalue weighted by Gasteiger charge is 2.10. The first-order chi connectivity index (χ1) is 10.1. The molecule has 0 aliphatic heterocycles. The summed E-state index contributed by atoms with van der Waals surface area (Å²) < 4.78 is 5.74. The summed E-state index contributed by atoms with van der Waals surface area (Å²) in [5.74, 6) is 1.22. The lowest BCUT2D eigenvalue weighted by molar-refractivity contribution is 0.0976. The Morgan fingerprint density at radius 3 is 2.52 bits per heavy atom. The summed E-state index contributed by atoms with van der Waals surface area (Å²) in [6, 6.07) is 8.21. The van der Waals surface area contributed by atoms with Crippen molar-refractivity contribution in [2.24, 2.45) is 11.8 Å². The van der Waals surface area contributed by atoms with E-state index in [9.17, 15) is 0 Å². The van der Waals surface area contributed by atoms with Crippen LogP contribution in [0.1, 0.15) is 39.2 Å². The largest absolute Gasteiger partial charge is 0.381 e. The third kappa shape index (κ3) is 9.13. The molecule has 0 aliphatic rings. The van der Waals surface area contributed by atoms with E-state index in [4.69, 9.17) is 16.3 Å². The molecule has 0 radical (unpaired) electrons. The molecule has 0 aliphatic carbocycles. The molecule has 0 aromatic heterocycles. The van der Waals surface area contributed by atoms with Crippen LogP contribution in [0, 0.1) is 11.8 Å². The van der Waals surface area contributed by atoms with Crippen molar-refractivity contribution >= 4 is 11.6 Å². The Morgan fingerprint density at radius 1 is 1.19 bits per heavy atom. The van der Waals surface area contributed by atoms with E-state index in [2.05, 4.69) is 38.2 Å². The van der Waals surface area contributed by atoms with Gasteiger partial charge in [0, 0.05) is 18.2 Å². The number of nitrogens with one attached hydrogen (secondary N) is 1. The van der Waals surface area contributed by atoms with Crippen molar-refractivity contribution in [3.8, 4) is 0 Å². The molecule has 21 heavy (non-hydrogen) atoms. The van der Waals surface area contributed by atoms with Crippen LogP contribution in [-0.2, 0) is 11.2 Å². The number of rotatable bonds is 11. The summed E-state index contributed by atoms with van der Waals surface area (Å²) in [5, 5.41) is 4.34. The molecule has 1 N–H and O–H groups in total. The molecule has 0 spiro atoms. The molecule has 2 nitrogen and oxygen atoms in total. The molecule has 0 amide bonds. The number of ether oxygens (including phenoxy) is 1. The molecule has 120 valence electrons. The molecule has 0 bridgehead atoms. The number of hydrogen-bond acceptors (Lipinski definition) is 2. The van der Waals surface area contributed by atoms with E-state index in [1.54, 1.807) is 0 Å². The maximum absolute atomic E-state index is 5.95. The Kier molecular flexibility index (Phi) is 9.73. The van der Waals surface area contributed by atoms with Crippen molar-refractivity contribution in [3.05, 3.63) is 34.9 Å². The van der Waals surface area contributed by atoms with Gasteiger partial charge < -0.3 is 10.1 Å². The summed E-state index contributed by atoms with van der Waals surface area (Å²) in [4.78, 5) is 0. The molecule has 3 heteroatoms. The van der Waals surface area contributed by atoms with Gasteiger partial charge in [-0.1, -0.05) is 44.5 Å². The first kappa shape index (κ1) is 18.5. The second-order valence-corrected chi connectivity index (χ2v) is 6.59. The Balaban J connectivity index is 2.41. The standard InChI is InChI=1S/C18H30ClNO/c1-4-10-20-13-17(9-11-21-14-15(2)3)12-16-5-7-18(19)8-6-16/h5-8,15,17,20H,4,9-14H2,1-3H3. The van der Waals surface area contributed by atoms with E-state index in [0.717, 1.165) is 44.2 Å². The molecule has 1 aromatic rings. The average Bonchev–Trinajstić information content (AvgIpc) is 2.45. The first-order valence-corrected chi connectivity index (χ1v) is 8.52. The minimum atomic E-state index is 0.609. The maximum atomic E-state index is 5.95. The molecule has 1 unspecified atom stereocenters. The van der Waals surface area contributed by atoms with E-state index in [-0.39, 0.29) is 0 Å². The molecule has 1 aromatic carbocycles. The number of halogens is 1. The number of benzene rings is 1. The van der Waals surface area contributed by atoms with Crippen LogP contribution in [0.3, 0.4) is 0 Å². The predicted octanol–water partition coefficient (Wildman–Crippen LogP) is 4.56. The van der Waals surface area contributed by atoms with Crippen molar-refractivity contribution < 1.29 is 4.74 Å². The zero-order chi connectivity index (χ0) is 15.5. The van der Waals surface area contributed by atoms with Gasteiger partial charge in [-0.25, -0.2) is 0 Å². The predicted molar refractivity (Wildman–Crippen MR) is 92.1 cm³/mol. The molecular weight excluding hydrogens is 282 g/mol. The SMILES string of the molecule is CCCNCC(CCOCC(C)C)Cc1ccc(Cl)cc1. The normalized spacial score (nSPS) is 12.8. The summed E-state index contributed by atoms with van der Waals surface area (Å²) in [6.07, 6.45) is 3.36. The minimum Gasteiger partial charge on any atom is -0.381 e. The summed E-state index contributed by atoms with van der Waals surface area (Å²) in [6.45, 7) is 10.4. The molecule has 0 saturated carbocycles. The van der Waals surface area contributed by atoms with E-state index in [0.29, 0.717) is 11.8 Å². The Bertz CT molecular complexity index is 364. The Hall–Kier alpha value is -0.570. The maximum Gasteiger partial charge on any atom is 0.0488 e. The second kappa shape index (κ2) is 11.1. The van der Waals surface area contributed by atoms with E-state index in [1.165, 1.54) is 12.0 Å². The fourth-order valence-electron chi connectivity index (χ4n) is 2.28. The molecule has 0 heterocycles. The third-order valence-electron chi connectivity index (χ3n) is 3.42. The van der Waals surface area contributed by atoms with Crippen molar-refractivity contribution in [3.63, 3.8) is 0 Å². The topological polar surface area (TPSA) is 21.3 Å². The van der Waals surface area contributed by atoms with Crippen LogP contribution in [-0.4, -0.2) is 26.3 Å². The van der Waals surface area contributed by atoms with Gasteiger partial charge in [-0.05, 0) is 61.9 Å². The van der Waals surface area contributed by atoms with Crippen molar-refractivity contribution in [2.45, 2.75) is 40.0 Å². The van der Waals surface area contributed by atoms with E-state index in [1.807, 2.05) is 12.1 Å². The van der Waals surface area contributed by atoms with Crippen LogP contribution in [0.4, 0.5) is 0 Å². The van der Waals surface area contributed by atoms with Crippen LogP contribution >= 0.6 is 11.6 Å². The highest BCUT2D eigenvalue weighted by Crippen LogP contribution is 2.15. The van der Waals surface area contributed by atoms with Crippen LogP contribution < -0.4 is 5.32 Å². The first-order valence-electron chi connectivity index (χ1n) is 8.14. The third-order valence-corrected chi connectivity index (χ3v) is 3.67. The van der Waals surface area contributed by atoms with Crippen molar-refractivity contribution in [1.82, 2.24) is 5.32 Å². The molecular formula is C18H30ClNO. The van der Waals surface area contributed by atoms with Crippen LogP contribution in [0.15, 0.2) is 24.3 Å². The van der Waals surface area contributed by atoms with Gasteiger partial charge in [-0.3, -0.25) is 0 Å². The van der Waals surface area contributed by atoms with E-state index < -0.39 is 0 Å². The van der Waals surface area contributed by atoms with Gasteiger partial charge in [-0.2, -0.15) is 0 Å². The average molecular weight is 312 g/mol. The summed E-state index contributed by atoms with van der Waals surface area (Å²) >= 11 is 5.95. The highest BCUT2D eigenvalue weighted by atomic mass is 35.5. The fourth-order valence-corrected chi connectivity index (χ4v) is 2.41. The zero-order valence-electron chi connectivity index (χ0n) is 13.7. The Labute approximate surface area is 135 Å². The van der Waals surface area contributed by atoms with Crippen molar-refractivity contribution in [1.29, 1.82) is 0 Å². The Morgan fingerprint density at radius 2 is 1.90 bits per heavy atom. The van der Waals surface area contributed by atoms with Gasteiger partial charge in [0.05, 0.1) is 0 Å². The summed E-state index contributed by atoms with van der Waals surface area (Å²) in [5.41, 5.74) is 1.35. The number of hydrogen-bond donors (Lipinski definition) is 1.